The van der Waals surface area contributed by atoms with Crippen LogP contribution < -0.4 is 11.5 Å². The van der Waals surface area contributed by atoms with Gasteiger partial charge in [-0.05, 0) is 25.5 Å². The molecular formula is C18H20N4O6. The van der Waals surface area contributed by atoms with Crippen molar-refractivity contribution in [1.29, 1.82) is 0 Å². The molecule has 0 spiro atoms. The molecule has 3 rings (SSSR count). The highest BCUT2D eigenvalue weighted by atomic mass is 16.5. The van der Waals surface area contributed by atoms with E-state index in [4.69, 9.17) is 16.2 Å². The number of fused-ring (bicyclic) bond motifs is 1. The number of nitrogen functional groups attached to an aromatic ring is 1. The number of hydrogen-bond acceptors (Lipinski definition) is 8. The monoisotopic (exact) mass is 388 g/mol. The quantitative estimate of drug-likeness (QED) is 0.380. The van der Waals surface area contributed by atoms with Crippen LogP contribution in [0.2, 0.25) is 0 Å². The molecule has 0 radical (unpaired) electrons. The third kappa shape index (κ3) is 3.22. The fraction of sp³-hybridized carbons (Fsp3) is 0.389. The van der Waals surface area contributed by atoms with Crippen molar-refractivity contribution in [3.63, 3.8) is 0 Å². The topological polar surface area (TPSA) is 153 Å². The van der Waals surface area contributed by atoms with Crippen LogP contribution in [0.25, 0.3) is 0 Å². The standard InChI is InChI=1S/C18H20N4O6/c1-9(19)18(27)28-8-7-21-13(23)6-5-12(16(21)25)22-15(24)10-3-2-4-11(20)14(10)17(22)26/h2-4,9,12H,5-8,19-20H2,1H3/t9-,12?/m0/s1. The summed E-state index contributed by atoms with van der Waals surface area (Å²) in [4.78, 5) is 63.5. The van der Waals surface area contributed by atoms with Crippen LogP contribution in [0.15, 0.2) is 18.2 Å². The van der Waals surface area contributed by atoms with Crippen molar-refractivity contribution in [3.8, 4) is 0 Å². The number of piperidine rings is 1. The summed E-state index contributed by atoms with van der Waals surface area (Å²) in [5.74, 6) is -3.10. The predicted molar refractivity (Wildman–Crippen MR) is 95.7 cm³/mol. The maximum Gasteiger partial charge on any atom is 0.322 e. The van der Waals surface area contributed by atoms with Crippen molar-refractivity contribution in [2.24, 2.45) is 5.73 Å². The molecule has 2 atom stereocenters. The number of hydrogen-bond donors (Lipinski definition) is 2. The first-order valence-electron chi connectivity index (χ1n) is 8.76. The maximum absolute atomic E-state index is 12.8. The first-order valence-corrected chi connectivity index (χ1v) is 8.76. The summed E-state index contributed by atoms with van der Waals surface area (Å²) in [5, 5.41) is 0. The van der Waals surface area contributed by atoms with Gasteiger partial charge in [0.15, 0.2) is 0 Å². The minimum Gasteiger partial charge on any atom is -0.463 e. The molecule has 2 aliphatic rings. The Balaban J connectivity index is 1.77. The molecule has 148 valence electrons. The van der Waals surface area contributed by atoms with Gasteiger partial charge >= 0.3 is 5.97 Å². The van der Waals surface area contributed by atoms with Crippen LogP contribution in [0.3, 0.4) is 0 Å². The molecule has 4 amide bonds. The summed E-state index contributed by atoms with van der Waals surface area (Å²) in [6, 6.07) is 2.57. The van der Waals surface area contributed by atoms with Crippen LogP contribution in [0, 0.1) is 0 Å². The van der Waals surface area contributed by atoms with Gasteiger partial charge in [-0.3, -0.25) is 33.8 Å². The smallest absolute Gasteiger partial charge is 0.322 e. The number of carbonyl (C=O) groups excluding carboxylic acids is 5. The van der Waals surface area contributed by atoms with Gasteiger partial charge in [-0.15, -0.1) is 0 Å². The van der Waals surface area contributed by atoms with E-state index in [-0.39, 0.29) is 42.8 Å². The molecule has 1 fully saturated rings. The Labute approximate surface area is 160 Å². The number of esters is 1. The number of rotatable bonds is 5. The van der Waals surface area contributed by atoms with Crippen molar-refractivity contribution in [1.82, 2.24) is 9.80 Å². The lowest BCUT2D eigenvalue weighted by molar-refractivity contribution is -0.155. The lowest BCUT2D eigenvalue weighted by Gasteiger charge is -2.34. The predicted octanol–water partition coefficient (Wildman–Crippen LogP) is -0.727. The van der Waals surface area contributed by atoms with E-state index in [9.17, 15) is 24.0 Å². The molecule has 4 N–H and O–H groups in total. The van der Waals surface area contributed by atoms with Gasteiger partial charge in [-0.25, -0.2) is 0 Å². The molecule has 0 saturated carbocycles. The molecule has 2 aliphatic heterocycles. The van der Waals surface area contributed by atoms with Gasteiger partial charge in [0.2, 0.25) is 5.91 Å². The molecule has 0 aliphatic carbocycles. The molecule has 10 heteroatoms. The minimum absolute atomic E-state index is 0.0269. The molecule has 0 bridgehead atoms. The van der Waals surface area contributed by atoms with Crippen LogP contribution >= 0.6 is 0 Å². The molecule has 10 nitrogen and oxygen atoms in total. The zero-order valence-corrected chi connectivity index (χ0v) is 15.2. The lowest BCUT2D eigenvalue weighted by Crippen LogP contribution is -2.56. The summed E-state index contributed by atoms with van der Waals surface area (Å²) in [6.07, 6.45) is -0.000304. The average Bonchev–Trinajstić information content (AvgIpc) is 2.90. The number of nitrogens with zero attached hydrogens (tertiary/aromatic N) is 2. The first-order chi connectivity index (χ1) is 13.2. The summed E-state index contributed by atoms with van der Waals surface area (Å²) in [7, 11) is 0. The summed E-state index contributed by atoms with van der Waals surface area (Å²) in [5.41, 5.74) is 11.5. The van der Waals surface area contributed by atoms with Crippen molar-refractivity contribution in [2.45, 2.75) is 31.8 Å². The van der Waals surface area contributed by atoms with E-state index in [1.807, 2.05) is 0 Å². The van der Waals surface area contributed by atoms with Gasteiger partial charge in [0, 0.05) is 12.1 Å². The highest BCUT2D eigenvalue weighted by Crippen LogP contribution is 2.31. The van der Waals surface area contributed by atoms with E-state index in [2.05, 4.69) is 0 Å². The van der Waals surface area contributed by atoms with Gasteiger partial charge in [0.05, 0.1) is 17.7 Å². The number of anilines is 1. The van der Waals surface area contributed by atoms with Crippen molar-refractivity contribution in [2.75, 3.05) is 18.9 Å². The van der Waals surface area contributed by atoms with Gasteiger partial charge < -0.3 is 16.2 Å². The Morgan fingerprint density at radius 2 is 1.96 bits per heavy atom. The largest absolute Gasteiger partial charge is 0.463 e. The Bertz CT molecular complexity index is 881. The normalized spacial score (nSPS) is 20.4. The Morgan fingerprint density at radius 1 is 1.25 bits per heavy atom. The second kappa shape index (κ2) is 7.39. The molecule has 1 aromatic rings. The van der Waals surface area contributed by atoms with Gasteiger partial charge in [0.25, 0.3) is 17.7 Å². The lowest BCUT2D eigenvalue weighted by atomic mass is 10.0. The van der Waals surface area contributed by atoms with E-state index in [0.717, 1.165) is 9.80 Å². The number of carbonyl (C=O) groups is 5. The first kappa shape index (κ1) is 19.5. The highest BCUT2D eigenvalue weighted by Gasteiger charge is 2.47. The van der Waals surface area contributed by atoms with Crippen LogP contribution in [0.5, 0.6) is 0 Å². The third-order valence-electron chi connectivity index (χ3n) is 4.71. The van der Waals surface area contributed by atoms with E-state index in [0.29, 0.717) is 0 Å². The maximum atomic E-state index is 12.8. The summed E-state index contributed by atoms with van der Waals surface area (Å²) < 4.78 is 4.90. The molecule has 0 aromatic heterocycles. The molecule has 1 aromatic carbocycles. The Morgan fingerprint density at radius 3 is 2.61 bits per heavy atom. The molecular weight excluding hydrogens is 368 g/mol. The molecule has 1 unspecified atom stereocenters. The average molecular weight is 388 g/mol. The number of nitrogens with two attached hydrogens (primary N) is 2. The second-order valence-electron chi connectivity index (χ2n) is 6.64. The van der Waals surface area contributed by atoms with Crippen LogP contribution in [-0.4, -0.2) is 64.6 Å². The molecule has 2 heterocycles. The summed E-state index contributed by atoms with van der Waals surface area (Å²) in [6.45, 7) is 1.04. The van der Waals surface area contributed by atoms with E-state index in [1.54, 1.807) is 6.07 Å². The molecule has 28 heavy (non-hydrogen) atoms. The van der Waals surface area contributed by atoms with Gasteiger partial charge in [0.1, 0.15) is 18.7 Å². The minimum atomic E-state index is -1.12. The van der Waals surface area contributed by atoms with Gasteiger partial charge in [-0.1, -0.05) is 6.07 Å². The second-order valence-corrected chi connectivity index (χ2v) is 6.64. The zero-order valence-electron chi connectivity index (χ0n) is 15.2. The van der Waals surface area contributed by atoms with Crippen molar-refractivity contribution < 1.29 is 28.7 Å². The highest BCUT2D eigenvalue weighted by molar-refractivity contribution is 6.25. The van der Waals surface area contributed by atoms with Crippen molar-refractivity contribution in [3.05, 3.63) is 29.3 Å². The SMILES string of the molecule is C[C@H](N)C(=O)OCCN1C(=O)CCC(N2C(=O)c3cccc(N)c3C2=O)C1=O. The number of ether oxygens (including phenoxy) is 1. The Hall–Kier alpha value is -3.27. The number of likely N-dealkylation sites (tertiary alicyclic amines) is 1. The van der Waals surface area contributed by atoms with Crippen LogP contribution in [-0.2, 0) is 19.1 Å². The molecule has 1 saturated heterocycles. The van der Waals surface area contributed by atoms with E-state index in [1.165, 1.54) is 19.1 Å². The fourth-order valence-electron chi connectivity index (χ4n) is 3.28. The third-order valence-corrected chi connectivity index (χ3v) is 4.71. The number of imide groups is 2. The number of amides is 4. The fourth-order valence-corrected chi connectivity index (χ4v) is 3.28. The van der Waals surface area contributed by atoms with Crippen LogP contribution in [0.4, 0.5) is 5.69 Å². The van der Waals surface area contributed by atoms with E-state index < -0.39 is 41.7 Å². The number of benzene rings is 1. The van der Waals surface area contributed by atoms with Crippen LogP contribution in [0.1, 0.15) is 40.5 Å². The Kier molecular flexibility index (Phi) is 5.14. The van der Waals surface area contributed by atoms with Crippen molar-refractivity contribution >= 4 is 35.3 Å². The van der Waals surface area contributed by atoms with Gasteiger partial charge in [-0.2, -0.15) is 0 Å². The summed E-state index contributed by atoms with van der Waals surface area (Å²) >= 11 is 0. The van der Waals surface area contributed by atoms with E-state index >= 15 is 0 Å². The zero-order chi connectivity index (χ0) is 20.6.